The van der Waals surface area contributed by atoms with Crippen molar-refractivity contribution in [1.82, 2.24) is 19.6 Å². The lowest BCUT2D eigenvalue weighted by Gasteiger charge is -2.34. The molecule has 9 heteroatoms. The van der Waals surface area contributed by atoms with Crippen LogP contribution in [0.4, 0.5) is 0 Å². The molecule has 0 N–H and O–H groups in total. The van der Waals surface area contributed by atoms with Crippen molar-refractivity contribution in [3.8, 4) is 5.88 Å². The van der Waals surface area contributed by atoms with Crippen molar-refractivity contribution in [2.75, 3.05) is 51.8 Å². The highest BCUT2D eigenvalue weighted by Crippen LogP contribution is 2.14. The summed E-state index contributed by atoms with van der Waals surface area (Å²) in [6.07, 6.45) is 1.24. The molecule has 0 bridgehead atoms. The smallest absolute Gasteiger partial charge is 0.274 e. The van der Waals surface area contributed by atoms with E-state index in [1.54, 1.807) is 18.0 Å². The summed E-state index contributed by atoms with van der Waals surface area (Å²) in [6.45, 7) is 3.00. The van der Waals surface area contributed by atoms with Gasteiger partial charge in [0, 0.05) is 52.1 Å². The first-order valence-corrected chi connectivity index (χ1v) is 9.13. The lowest BCUT2D eigenvalue weighted by molar-refractivity contribution is 0.0637. The van der Waals surface area contributed by atoms with Crippen LogP contribution in [0.15, 0.2) is 6.07 Å². The Kier molecular flexibility index (Phi) is 5.07. The fraction of sp³-hybridized carbons (Fsp3) is 0.692. The number of amides is 1. The van der Waals surface area contributed by atoms with E-state index in [9.17, 15) is 13.2 Å². The van der Waals surface area contributed by atoms with Crippen LogP contribution in [-0.4, -0.2) is 85.7 Å². The molecule has 0 spiro atoms. The fourth-order valence-corrected chi connectivity index (χ4v) is 2.97. The van der Waals surface area contributed by atoms with Gasteiger partial charge in [-0.15, -0.1) is 0 Å². The Morgan fingerprint density at radius 2 is 1.95 bits per heavy atom. The number of aryl methyl sites for hydroxylation is 1. The number of sulfone groups is 1. The average Bonchev–Trinajstić information content (AvgIpc) is 2.85. The van der Waals surface area contributed by atoms with Crippen molar-refractivity contribution in [3.05, 3.63) is 11.8 Å². The van der Waals surface area contributed by atoms with E-state index in [2.05, 4.69) is 10.00 Å². The van der Waals surface area contributed by atoms with Gasteiger partial charge < -0.3 is 9.64 Å². The quantitative estimate of drug-likeness (QED) is 0.705. The molecule has 0 radical (unpaired) electrons. The number of ether oxygens (including phenoxy) is 1. The first kappa shape index (κ1) is 16.8. The normalized spacial score (nSPS) is 16.8. The van der Waals surface area contributed by atoms with Crippen molar-refractivity contribution >= 4 is 15.7 Å². The van der Waals surface area contributed by atoms with E-state index in [0.29, 0.717) is 44.3 Å². The minimum atomic E-state index is -2.95. The Balaban J connectivity index is 1.89. The van der Waals surface area contributed by atoms with Gasteiger partial charge in [-0.3, -0.25) is 9.69 Å². The first-order valence-electron chi connectivity index (χ1n) is 7.07. The van der Waals surface area contributed by atoms with Crippen molar-refractivity contribution in [2.24, 2.45) is 7.05 Å². The maximum atomic E-state index is 12.4. The van der Waals surface area contributed by atoms with Gasteiger partial charge in [0.25, 0.3) is 5.91 Å². The predicted molar refractivity (Wildman–Crippen MR) is 81.8 cm³/mol. The van der Waals surface area contributed by atoms with Crippen LogP contribution in [0.1, 0.15) is 10.5 Å². The summed E-state index contributed by atoms with van der Waals surface area (Å²) < 4.78 is 29.0. The largest absolute Gasteiger partial charge is 0.481 e. The number of carbonyl (C=O) groups excluding carboxylic acids is 1. The van der Waals surface area contributed by atoms with Crippen molar-refractivity contribution in [3.63, 3.8) is 0 Å². The van der Waals surface area contributed by atoms with Crippen LogP contribution < -0.4 is 4.74 Å². The number of piperazine rings is 1. The zero-order valence-corrected chi connectivity index (χ0v) is 14.0. The lowest BCUT2D eigenvalue weighted by Crippen LogP contribution is -2.49. The highest BCUT2D eigenvalue weighted by Gasteiger charge is 2.24. The van der Waals surface area contributed by atoms with Gasteiger partial charge in [-0.05, 0) is 0 Å². The highest BCUT2D eigenvalue weighted by molar-refractivity contribution is 7.90. The predicted octanol–water partition coefficient (Wildman–Crippen LogP) is -0.769. The molecule has 124 valence electrons. The van der Waals surface area contributed by atoms with Crippen LogP contribution in [0, 0.1) is 0 Å². The number of carbonyl (C=O) groups is 1. The fourth-order valence-electron chi connectivity index (χ4n) is 2.38. The van der Waals surface area contributed by atoms with Gasteiger partial charge in [0.2, 0.25) is 5.88 Å². The summed E-state index contributed by atoms with van der Waals surface area (Å²) >= 11 is 0. The lowest BCUT2D eigenvalue weighted by atomic mass is 10.3. The third kappa shape index (κ3) is 4.20. The van der Waals surface area contributed by atoms with Crippen LogP contribution in [0.2, 0.25) is 0 Å². The van der Waals surface area contributed by atoms with Crippen molar-refractivity contribution < 1.29 is 17.9 Å². The molecule has 1 aromatic heterocycles. The van der Waals surface area contributed by atoms with E-state index in [0.717, 1.165) is 0 Å². The maximum Gasteiger partial charge on any atom is 0.274 e. The molecule has 8 nitrogen and oxygen atoms in total. The molecule has 2 heterocycles. The van der Waals surface area contributed by atoms with E-state index < -0.39 is 9.84 Å². The molecule has 1 fully saturated rings. The topological polar surface area (TPSA) is 84.7 Å². The van der Waals surface area contributed by atoms with E-state index >= 15 is 0 Å². The van der Waals surface area contributed by atoms with Crippen LogP contribution in [-0.2, 0) is 16.9 Å². The zero-order valence-electron chi connectivity index (χ0n) is 13.2. The zero-order chi connectivity index (χ0) is 16.3. The van der Waals surface area contributed by atoms with Crippen LogP contribution in [0.3, 0.4) is 0 Å². The molecule has 1 saturated heterocycles. The number of hydrogen-bond donors (Lipinski definition) is 0. The SMILES string of the molecule is COc1cc(C(=O)N2CCN(CCS(C)(=O)=O)CC2)nn1C. The van der Waals surface area contributed by atoms with Crippen molar-refractivity contribution in [1.29, 1.82) is 0 Å². The summed E-state index contributed by atoms with van der Waals surface area (Å²) in [5.41, 5.74) is 0.365. The van der Waals surface area contributed by atoms with E-state index in [1.807, 2.05) is 0 Å². The number of methoxy groups -OCH3 is 1. The number of rotatable bonds is 5. The molecule has 1 aliphatic heterocycles. The second kappa shape index (κ2) is 6.66. The third-order valence-corrected chi connectivity index (χ3v) is 4.63. The van der Waals surface area contributed by atoms with Gasteiger partial charge >= 0.3 is 0 Å². The van der Waals surface area contributed by atoms with Gasteiger partial charge in [-0.25, -0.2) is 13.1 Å². The summed E-state index contributed by atoms with van der Waals surface area (Å²) in [6, 6.07) is 1.62. The second-order valence-corrected chi connectivity index (χ2v) is 7.72. The summed E-state index contributed by atoms with van der Waals surface area (Å²) in [5.74, 6) is 0.565. The molecular weight excluding hydrogens is 308 g/mol. The molecule has 22 heavy (non-hydrogen) atoms. The van der Waals surface area contributed by atoms with Gasteiger partial charge in [0.05, 0.1) is 12.9 Å². The van der Waals surface area contributed by atoms with Crippen LogP contribution >= 0.6 is 0 Å². The summed E-state index contributed by atoms with van der Waals surface area (Å²) in [7, 11) is 0.304. The molecule has 0 aromatic carbocycles. The van der Waals surface area contributed by atoms with E-state index in [4.69, 9.17) is 4.74 Å². The Labute approximate surface area is 130 Å². The number of nitrogens with zero attached hydrogens (tertiary/aromatic N) is 4. The number of hydrogen-bond acceptors (Lipinski definition) is 6. The third-order valence-electron chi connectivity index (χ3n) is 3.70. The molecule has 0 atom stereocenters. The van der Waals surface area contributed by atoms with Gasteiger partial charge in [-0.1, -0.05) is 0 Å². The Bertz CT molecular complexity index is 632. The molecule has 0 aliphatic carbocycles. The van der Waals surface area contributed by atoms with Gasteiger partial charge in [0.1, 0.15) is 9.84 Å². The summed E-state index contributed by atoms with van der Waals surface area (Å²) in [4.78, 5) is 16.2. The molecular formula is C13H22N4O4S. The minimum absolute atomic E-state index is 0.123. The summed E-state index contributed by atoms with van der Waals surface area (Å²) in [5, 5.41) is 4.15. The average molecular weight is 330 g/mol. The Morgan fingerprint density at radius 1 is 1.32 bits per heavy atom. The van der Waals surface area contributed by atoms with Gasteiger partial charge in [0.15, 0.2) is 5.69 Å². The highest BCUT2D eigenvalue weighted by atomic mass is 32.2. The Hall–Kier alpha value is -1.61. The Morgan fingerprint density at radius 3 is 2.45 bits per heavy atom. The van der Waals surface area contributed by atoms with Gasteiger partial charge in [-0.2, -0.15) is 5.10 Å². The maximum absolute atomic E-state index is 12.4. The standard InChI is InChI=1S/C13H22N4O4S/c1-15-12(21-2)10-11(14-15)13(18)17-6-4-16(5-7-17)8-9-22(3,19)20/h10H,4-9H2,1-3H3. The van der Waals surface area contributed by atoms with Crippen LogP contribution in [0.25, 0.3) is 0 Å². The molecule has 0 unspecified atom stereocenters. The van der Waals surface area contributed by atoms with Crippen molar-refractivity contribution in [2.45, 2.75) is 0 Å². The second-order valence-electron chi connectivity index (χ2n) is 5.46. The minimum Gasteiger partial charge on any atom is -0.481 e. The monoisotopic (exact) mass is 330 g/mol. The van der Waals surface area contributed by atoms with Crippen LogP contribution in [0.5, 0.6) is 5.88 Å². The molecule has 2 rings (SSSR count). The van der Waals surface area contributed by atoms with E-state index in [1.165, 1.54) is 18.0 Å². The molecule has 1 aromatic rings. The number of aromatic nitrogens is 2. The molecule has 1 amide bonds. The van der Waals surface area contributed by atoms with E-state index in [-0.39, 0.29) is 11.7 Å². The first-order chi connectivity index (χ1) is 10.3. The molecule has 1 aliphatic rings. The molecule has 0 saturated carbocycles.